The Hall–Kier alpha value is -1.17. The van der Waals surface area contributed by atoms with E-state index in [1.54, 1.807) is 6.07 Å². The maximum atomic E-state index is 13.7. The van der Waals surface area contributed by atoms with Crippen molar-refractivity contribution in [1.29, 1.82) is 0 Å². The standard InChI is InChI=1S/C15H23FN2O2/c1-10-7-18(8-11(2)20-10)9-14(17)12-4-5-15(19-3)13(16)6-12/h4-6,10-11,14H,7-9,17H2,1-3H3/t10-,11+,14?. The number of ether oxygens (including phenoxy) is 2. The average Bonchev–Trinajstić information content (AvgIpc) is 2.37. The van der Waals surface area contributed by atoms with Crippen LogP contribution in [0.2, 0.25) is 0 Å². The molecule has 1 heterocycles. The Morgan fingerprint density at radius 2 is 2.05 bits per heavy atom. The van der Waals surface area contributed by atoms with Crippen molar-refractivity contribution in [3.63, 3.8) is 0 Å². The van der Waals surface area contributed by atoms with Crippen LogP contribution in [0, 0.1) is 5.82 Å². The van der Waals surface area contributed by atoms with E-state index in [0.29, 0.717) is 6.54 Å². The molecule has 1 aromatic rings. The van der Waals surface area contributed by atoms with Crippen molar-refractivity contribution in [2.45, 2.75) is 32.1 Å². The summed E-state index contributed by atoms with van der Waals surface area (Å²) in [6.07, 6.45) is 0.414. The summed E-state index contributed by atoms with van der Waals surface area (Å²) in [6, 6.07) is 4.68. The van der Waals surface area contributed by atoms with E-state index < -0.39 is 0 Å². The van der Waals surface area contributed by atoms with E-state index in [0.717, 1.165) is 18.7 Å². The van der Waals surface area contributed by atoms with Crippen molar-refractivity contribution < 1.29 is 13.9 Å². The second-order valence-electron chi connectivity index (χ2n) is 5.48. The summed E-state index contributed by atoms with van der Waals surface area (Å²) in [5.74, 6) is -0.126. The predicted molar refractivity (Wildman–Crippen MR) is 76.3 cm³/mol. The Kier molecular flexibility index (Phi) is 4.96. The van der Waals surface area contributed by atoms with Crippen molar-refractivity contribution in [1.82, 2.24) is 4.90 Å². The van der Waals surface area contributed by atoms with Crippen LogP contribution in [0.3, 0.4) is 0 Å². The van der Waals surface area contributed by atoms with Crippen LogP contribution in [0.1, 0.15) is 25.5 Å². The first-order valence-corrected chi connectivity index (χ1v) is 6.96. The normalized spacial score (nSPS) is 25.4. The summed E-state index contributed by atoms with van der Waals surface area (Å²) in [7, 11) is 1.45. The highest BCUT2D eigenvalue weighted by Gasteiger charge is 2.24. The minimum atomic E-state index is -0.371. The van der Waals surface area contributed by atoms with Gasteiger partial charge in [0.2, 0.25) is 0 Å². The topological polar surface area (TPSA) is 47.7 Å². The molecule has 0 amide bonds. The van der Waals surface area contributed by atoms with E-state index in [4.69, 9.17) is 15.2 Å². The van der Waals surface area contributed by atoms with Gasteiger partial charge in [-0.3, -0.25) is 4.90 Å². The number of rotatable bonds is 4. The van der Waals surface area contributed by atoms with Crippen LogP contribution < -0.4 is 10.5 Å². The van der Waals surface area contributed by atoms with Crippen LogP contribution in [0.5, 0.6) is 5.75 Å². The van der Waals surface area contributed by atoms with Crippen LogP contribution >= 0.6 is 0 Å². The fourth-order valence-electron chi connectivity index (χ4n) is 2.73. The molecule has 1 saturated heterocycles. The Labute approximate surface area is 119 Å². The van der Waals surface area contributed by atoms with Gasteiger partial charge in [0.25, 0.3) is 0 Å². The quantitative estimate of drug-likeness (QED) is 0.917. The molecular formula is C15H23FN2O2. The summed E-state index contributed by atoms with van der Waals surface area (Å²) in [5.41, 5.74) is 6.97. The molecule has 2 N–H and O–H groups in total. The molecule has 0 spiro atoms. The third kappa shape index (κ3) is 3.69. The number of benzene rings is 1. The van der Waals surface area contributed by atoms with Gasteiger partial charge in [-0.05, 0) is 31.5 Å². The first-order valence-electron chi connectivity index (χ1n) is 6.96. The molecule has 0 aliphatic carbocycles. The molecule has 1 aliphatic heterocycles. The minimum Gasteiger partial charge on any atom is -0.494 e. The van der Waals surface area contributed by atoms with Gasteiger partial charge in [-0.15, -0.1) is 0 Å². The van der Waals surface area contributed by atoms with E-state index in [9.17, 15) is 4.39 Å². The first kappa shape index (κ1) is 15.2. The second-order valence-corrected chi connectivity index (χ2v) is 5.48. The molecular weight excluding hydrogens is 259 g/mol. The molecule has 1 aliphatic rings. The fraction of sp³-hybridized carbons (Fsp3) is 0.600. The summed E-state index contributed by atoms with van der Waals surface area (Å²) < 4.78 is 24.3. The van der Waals surface area contributed by atoms with Gasteiger partial charge in [0.15, 0.2) is 11.6 Å². The molecule has 112 valence electrons. The smallest absolute Gasteiger partial charge is 0.165 e. The van der Waals surface area contributed by atoms with E-state index in [2.05, 4.69) is 18.7 Å². The maximum absolute atomic E-state index is 13.7. The monoisotopic (exact) mass is 282 g/mol. The number of halogens is 1. The van der Waals surface area contributed by atoms with Gasteiger partial charge in [-0.1, -0.05) is 6.07 Å². The van der Waals surface area contributed by atoms with Crippen molar-refractivity contribution >= 4 is 0 Å². The number of methoxy groups -OCH3 is 1. The van der Waals surface area contributed by atoms with Crippen LogP contribution in [-0.4, -0.2) is 43.9 Å². The third-order valence-corrected chi connectivity index (χ3v) is 3.55. The molecule has 0 radical (unpaired) electrons. The number of hydrogen-bond acceptors (Lipinski definition) is 4. The SMILES string of the molecule is COc1ccc(C(N)CN2C[C@@H](C)O[C@@H](C)C2)cc1F. The lowest BCUT2D eigenvalue weighted by atomic mass is 10.1. The van der Waals surface area contributed by atoms with Gasteiger partial charge >= 0.3 is 0 Å². The number of nitrogens with two attached hydrogens (primary N) is 1. The number of nitrogens with zero attached hydrogens (tertiary/aromatic N) is 1. The van der Waals surface area contributed by atoms with Gasteiger partial charge in [-0.2, -0.15) is 0 Å². The van der Waals surface area contributed by atoms with Crippen molar-refractivity contribution in [2.24, 2.45) is 5.73 Å². The highest BCUT2D eigenvalue weighted by Crippen LogP contribution is 2.22. The number of morpholine rings is 1. The Morgan fingerprint density at radius 3 is 2.60 bits per heavy atom. The second kappa shape index (κ2) is 6.52. The summed E-state index contributed by atoms with van der Waals surface area (Å²) in [4.78, 5) is 2.27. The summed E-state index contributed by atoms with van der Waals surface area (Å²) in [5, 5.41) is 0. The Bertz CT molecular complexity index is 445. The fourth-order valence-corrected chi connectivity index (χ4v) is 2.73. The number of hydrogen-bond donors (Lipinski definition) is 1. The molecule has 0 aromatic heterocycles. The highest BCUT2D eigenvalue weighted by atomic mass is 19.1. The first-order chi connectivity index (χ1) is 9.49. The van der Waals surface area contributed by atoms with E-state index in [-0.39, 0.29) is 29.8 Å². The lowest BCUT2D eigenvalue weighted by molar-refractivity contribution is -0.0691. The summed E-state index contributed by atoms with van der Waals surface area (Å²) in [6.45, 7) is 6.53. The Balaban J connectivity index is 2.00. The molecule has 3 atom stereocenters. The highest BCUT2D eigenvalue weighted by molar-refractivity contribution is 5.31. The zero-order valence-electron chi connectivity index (χ0n) is 12.3. The maximum Gasteiger partial charge on any atom is 0.165 e. The van der Waals surface area contributed by atoms with E-state index in [1.807, 2.05) is 6.07 Å². The van der Waals surface area contributed by atoms with Crippen molar-refractivity contribution in [2.75, 3.05) is 26.7 Å². The van der Waals surface area contributed by atoms with E-state index >= 15 is 0 Å². The molecule has 0 bridgehead atoms. The van der Waals surface area contributed by atoms with Crippen molar-refractivity contribution in [3.05, 3.63) is 29.6 Å². The van der Waals surface area contributed by atoms with E-state index in [1.165, 1.54) is 13.2 Å². The largest absolute Gasteiger partial charge is 0.494 e. The molecule has 20 heavy (non-hydrogen) atoms. The molecule has 1 aromatic carbocycles. The lowest BCUT2D eigenvalue weighted by Crippen LogP contribution is -2.47. The van der Waals surface area contributed by atoms with Gasteiger partial charge in [0.05, 0.1) is 19.3 Å². The average molecular weight is 282 g/mol. The molecule has 2 rings (SSSR count). The van der Waals surface area contributed by atoms with Gasteiger partial charge in [0.1, 0.15) is 0 Å². The molecule has 1 fully saturated rings. The third-order valence-electron chi connectivity index (χ3n) is 3.55. The molecule has 5 heteroatoms. The molecule has 1 unspecified atom stereocenters. The van der Waals surface area contributed by atoms with Crippen molar-refractivity contribution in [3.8, 4) is 5.75 Å². The minimum absolute atomic E-state index is 0.207. The Morgan fingerprint density at radius 1 is 1.40 bits per heavy atom. The predicted octanol–water partition coefficient (Wildman–Crippen LogP) is 1.94. The van der Waals surface area contributed by atoms with Gasteiger partial charge < -0.3 is 15.2 Å². The van der Waals surface area contributed by atoms with Crippen LogP contribution in [-0.2, 0) is 4.74 Å². The molecule has 0 saturated carbocycles. The van der Waals surface area contributed by atoms with Gasteiger partial charge in [-0.25, -0.2) is 4.39 Å². The lowest BCUT2D eigenvalue weighted by Gasteiger charge is -2.36. The van der Waals surface area contributed by atoms with Gasteiger partial charge in [0, 0.05) is 25.7 Å². The summed E-state index contributed by atoms with van der Waals surface area (Å²) >= 11 is 0. The zero-order chi connectivity index (χ0) is 14.7. The van der Waals surface area contributed by atoms with Crippen LogP contribution in [0.25, 0.3) is 0 Å². The van der Waals surface area contributed by atoms with Crippen LogP contribution in [0.15, 0.2) is 18.2 Å². The van der Waals surface area contributed by atoms with Crippen LogP contribution in [0.4, 0.5) is 4.39 Å². The molecule has 4 nitrogen and oxygen atoms in total. The zero-order valence-corrected chi connectivity index (χ0v) is 12.3.